The number of aromatic nitrogens is 4. The van der Waals surface area contributed by atoms with E-state index in [1.165, 1.54) is 0 Å². The predicted octanol–water partition coefficient (Wildman–Crippen LogP) is 3.11. The molecule has 1 saturated heterocycles. The number of rotatable bonds is 6. The fourth-order valence-electron chi connectivity index (χ4n) is 4.60. The van der Waals surface area contributed by atoms with Crippen LogP contribution in [0.25, 0.3) is 11.2 Å². The summed E-state index contributed by atoms with van der Waals surface area (Å²) in [6.45, 7) is 2.71. The molecular weight excluding hydrogens is 426 g/mol. The van der Waals surface area contributed by atoms with Gasteiger partial charge in [0, 0.05) is 32.7 Å². The molecule has 1 fully saturated rings. The van der Waals surface area contributed by atoms with E-state index < -0.39 is 0 Å². The molecule has 1 aliphatic heterocycles. The second-order valence-corrected chi connectivity index (χ2v) is 9.00. The summed E-state index contributed by atoms with van der Waals surface area (Å²) in [5.74, 6) is 1.27. The molecule has 34 heavy (non-hydrogen) atoms. The highest BCUT2D eigenvalue weighted by molar-refractivity contribution is 5.75. The number of nitrogens with zero attached hydrogens (tertiary/aromatic N) is 5. The van der Waals surface area contributed by atoms with Crippen LogP contribution in [0.5, 0.6) is 0 Å². The van der Waals surface area contributed by atoms with E-state index in [0.29, 0.717) is 30.2 Å². The Morgan fingerprint density at radius 2 is 1.71 bits per heavy atom. The first kappa shape index (κ1) is 22.2. The van der Waals surface area contributed by atoms with Crippen molar-refractivity contribution >= 4 is 23.1 Å². The Morgan fingerprint density at radius 1 is 1.00 bits per heavy atom. The molecule has 0 aliphatic carbocycles. The minimum Gasteiger partial charge on any atom is -0.351 e. The van der Waals surface area contributed by atoms with Crippen LogP contribution in [0, 0.1) is 0 Å². The zero-order valence-electron chi connectivity index (χ0n) is 19.5. The number of benzene rings is 2. The molecule has 176 valence electrons. The van der Waals surface area contributed by atoms with Gasteiger partial charge in [0.05, 0.1) is 6.54 Å². The van der Waals surface area contributed by atoms with E-state index >= 15 is 0 Å². The summed E-state index contributed by atoms with van der Waals surface area (Å²) in [5, 5.41) is 3.31. The van der Waals surface area contributed by atoms with Gasteiger partial charge in [0.15, 0.2) is 11.2 Å². The Balaban J connectivity index is 1.58. The molecule has 0 radical (unpaired) electrons. The van der Waals surface area contributed by atoms with Crippen molar-refractivity contribution in [2.45, 2.75) is 38.4 Å². The van der Waals surface area contributed by atoms with Gasteiger partial charge in [-0.3, -0.25) is 13.9 Å². The molecule has 3 heterocycles. The van der Waals surface area contributed by atoms with Gasteiger partial charge in [0.1, 0.15) is 0 Å². The Kier molecular flexibility index (Phi) is 6.31. The van der Waals surface area contributed by atoms with E-state index in [4.69, 9.17) is 15.7 Å². The molecule has 2 aromatic heterocycles. The van der Waals surface area contributed by atoms with Gasteiger partial charge >= 0.3 is 0 Å². The molecule has 0 spiro atoms. The zero-order valence-corrected chi connectivity index (χ0v) is 19.5. The lowest BCUT2D eigenvalue weighted by Crippen LogP contribution is -2.37. The van der Waals surface area contributed by atoms with Crippen LogP contribution in [0.1, 0.15) is 30.4 Å². The number of hydrogen-bond donors (Lipinski definition) is 2. The molecule has 0 amide bonds. The lowest BCUT2D eigenvalue weighted by molar-refractivity contribution is 0.615. The minimum absolute atomic E-state index is 0.0892. The van der Waals surface area contributed by atoms with Gasteiger partial charge in [-0.2, -0.15) is 9.97 Å². The fraction of sp³-hybridized carbons (Fsp3) is 0.346. The van der Waals surface area contributed by atoms with Crippen LogP contribution in [0.2, 0.25) is 0 Å². The normalized spacial score (nSPS) is 16.5. The first-order valence-corrected chi connectivity index (χ1v) is 11.9. The average molecular weight is 458 g/mol. The summed E-state index contributed by atoms with van der Waals surface area (Å²) in [4.78, 5) is 25.5. The van der Waals surface area contributed by atoms with Crippen molar-refractivity contribution in [1.82, 2.24) is 19.1 Å². The van der Waals surface area contributed by atoms with E-state index in [-0.39, 0.29) is 11.6 Å². The van der Waals surface area contributed by atoms with Gasteiger partial charge in [-0.25, -0.2) is 0 Å². The molecular formula is C26H31N7O. The van der Waals surface area contributed by atoms with Crippen LogP contribution in [-0.2, 0) is 20.1 Å². The number of nitrogens with one attached hydrogen (secondary N) is 1. The van der Waals surface area contributed by atoms with Gasteiger partial charge in [0.25, 0.3) is 5.56 Å². The largest absolute Gasteiger partial charge is 0.351 e. The molecule has 1 unspecified atom stereocenters. The molecule has 3 N–H and O–H groups in total. The van der Waals surface area contributed by atoms with Crippen molar-refractivity contribution in [1.29, 1.82) is 0 Å². The van der Waals surface area contributed by atoms with Gasteiger partial charge < -0.3 is 16.0 Å². The second-order valence-electron chi connectivity index (χ2n) is 9.00. The average Bonchev–Trinajstić information content (AvgIpc) is 3.06. The summed E-state index contributed by atoms with van der Waals surface area (Å²) in [6.07, 6.45) is 3.16. The van der Waals surface area contributed by atoms with Crippen molar-refractivity contribution in [2.24, 2.45) is 12.8 Å². The first-order valence-electron chi connectivity index (χ1n) is 11.9. The van der Waals surface area contributed by atoms with Crippen LogP contribution in [-0.4, -0.2) is 38.2 Å². The van der Waals surface area contributed by atoms with Gasteiger partial charge in [-0.05, 0) is 24.0 Å². The molecule has 5 rings (SSSR count). The molecule has 0 bridgehead atoms. The Bertz CT molecular complexity index is 1310. The number of nitrogens with two attached hydrogens (primary N) is 1. The SMILES string of the molecule is Cn1c(NCc2ccccc2)nc2nc(N3CCCCC(N)C3)n(Cc3ccccc3)c2c1=O. The quantitative estimate of drug-likeness (QED) is 0.462. The summed E-state index contributed by atoms with van der Waals surface area (Å²) in [5.41, 5.74) is 9.45. The van der Waals surface area contributed by atoms with Crippen molar-refractivity contribution < 1.29 is 0 Å². The number of imidazole rings is 1. The van der Waals surface area contributed by atoms with Gasteiger partial charge in [-0.1, -0.05) is 67.1 Å². The molecule has 1 atom stereocenters. The highest BCUT2D eigenvalue weighted by Gasteiger charge is 2.24. The number of fused-ring (bicyclic) bond motifs is 1. The predicted molar refractivity (Wildman–Crippen MR) is 136 cm³/mol. The zero-order chi connectivity index (χ0) is 23.5. The van der Waals surface area contributed by atoms with Crippen LogP contribution in [0.3, 0.4) is 0 Å². The van der Waals surface area contributed by atoms with Crippen LogP contribution < -0.4 is 21.5 Å². The summed E-state index contributed by atoms with van der Waals surface area (Å²) < 4.78 is 3.59. The molecule has 2 aromatic carbocycles. The van der Waals surface area contributed by atoms with Crippen LogP contribution in [0.15, 0.2) is 65.5 Å². The third-order valence-electron chi connectivity index (χ3n) is 6.43. The highest BCUT2D eigenvalue weighted by atomic mass is 16.1. The second kappa shape index (κ2) is 9.69. The third-order valence-corrected chi connectivity index (χ3v) is 6.43. The van der Waals surface area contributed by atoms with E-state index in [9.17, 15) is 4.79 Å². The van der Waals surface area contributed by atoms with E-state index in [1.54, 1.807) is 11.6 Å². The Labute approximate surface area is 199 Å². The molecule has 4 aromatic rings. The maximum absolute atomic E-state index is 13.6. The summed E-state index contributed by atoms with van der Waals surface area (Å²) in [7, 11) is 1.75. The molecule has 8 heteroatoms. The number of hydrogen-bond acceptors (Lipinski definition) is 6. The van der Waals surface area contributed by atoms with Crippen molar-refractivity contribution in [2.75, 3.05) is 23.3 Å². The maximum atomic E-state index is 13.6. The minimum atomic E-state index is -0.116. The smallest absolute Gasteiger partial charge is 0.281 e. The lowest BCUT2D eigenvalue weighted by Gasteiger charge is -2.24. The summed E-state index contributed by atoms with van der Waals surface area (Å²) >= 11 is 0. The first-order chi connectivity index (χ1) is 16.6. The molecule has 1 aliphatic rings. The third kappa shape index (κ3) is 4.54. The van der Waals surface area contributed by atoms with E-state index in [2.05, 4.69) is 22.3 Å². The fourth-order valence-corrected chi connectivity index (χ4v) is 4.60. The Morgan fingerprint density at radius 3 is 2.44 bits per heavy atom. The summed E-state index contributed by atoms with van der Waals surface area (Å²) in [6, 6.07) is 20.3. The van der Waals surface area contributed by atoms with Crippen molar-refractivity contribution in [3.8, 4) is 0 Å². The highest BCUT2D eigenvalue weighted by Crippen LogP contribution is 2.24. The van der Waals surface area contributed by atoms with Crippen LogP contribution >= 0.6 is 0 Å². The van der Waals surface area contributed by atoms with Gasteiger partial charge in [-0.15, -0.1) is 0 Å². The molecule has 8 nitrogen and oxygen atoms in total. The standard InChI is InChI=1S/C26H31N7O/c1-31-24(34)22-23(29-25(31)28-16-19-10-4-2-5-11-19)30-26(32-15-9-8-14-21(27)18-32)33(22)17-20-12-6-3-7-13-20/h2-7,10-13,21H,8-9,14-18,27H2,1H3,(H,28,29). The van der Waals surface area contributed by atoms with E-state index in [0.717, 1.165) is 49.4 Å². The van der Waals surface area contributed by atoms with Crippen molar-refractivity contribution in [3.05, 3.63) is 82.1 Å². The Hall–Kier alpha value is -3.65. The van der Waals surface area contributed by atoms with E-state index in [1.807, 2.05) is 53.1 Å². The maximum Gasteiger partial charge on any atom is 0.281 e. The topological polar surface area (TPSA) is 94.0 Å². The monoisotopic (exact) mass is 457 g/mol. The van der Waals surface area contributed by atoms with Gasteiger partial charge in [0.2, 0.25) is 11.9 Å². The lowest BCUT2D eigenvalue weighted by atomic mass is 10.2. The van der Waals surface area contributed by atoms with Crippen LogP contribution in [0.4, 0.5) is 11.9 Å². The van der Waals surface area contributed by atoms with Crippen molar-refractivity contribution in [3.63, 3.8) is 0 Å². The molecule has 0 saturated carbocycles. The number of anilines is 2.